The summed E-state index contributed by atoms with van der Waals surface area (Å²) in [5.41, 5.74) is -0.254. The number of hydrogen-bond acceptors (Lipinski definition) is 7. The van der Waals surface area contributed by atoms with E-state index in [-0.39, 0.29) is 5.56 Å². The van der Waals surface area contributed by atoms with Gasteiger partial charge < -0.3 is 25.1 Å². The first kappa shape index (κ1) is 13.0. The van der Waals surface area contributed by atoms with Crippen molar-refractivity contribution in [1.29, 1.82) is 0 Å². The first-order chi connectivity index (χ1) is 7.99. The standard InChI is InChI=1S/C9H10N2O6/c1-17-9(14)7(13)6(12)5-3-2-4-10-8(5)11(15)16/h2-4,6-7,12-13H,1H3. The lowest BCUT2D eigenvalue weighted by Crippen LogP contribution is -2.29. The van der Waals surface area contributed by atoms with Crippen molar-refractivity contribution in [3.8, 4) is 0 Å². The topological polar surface area (TPSA) is 123 Å². The van der Waals surface area contributed by atoms with Gasteiger partial charge in [-0.15, -0.1) is 0 Å². The number of nitrogens with zero attached hydrogens (tertiary/aromatic N) is 2. The Morgan fingerprint density at radius 2 is 2.24 bits per heavy atom. The highest BCUT2D eigenvalue weighted by Gasteiger charge is 2.32. The summed E-state index contributed by atoms with van der Waals surface area (Å²) in [6.07, 6.45) is -2.50. The molecule has 0 aromatic carbocycles. The van der Waals surface area contributed by atoms with Gasteiger partial charge in [-0.25, -0.2) is 4.79 Å². The molecule has 92 valence electrons. The summed E-state index contributed by atoms with van der Waals surface area (Å²) in [4.78, 5) is 24.2. The summed E-state index contributed by atoms with van der Waals surface area (Å²) in [5, 5.41) is 29.6. The second-order valence-electron chi connectivity index (χ2n) is 3.09. The average molecular weight is 242 g/mol. The molecule has 8 heteroatoms. The minimum absolute atomic E-state index is 0.254. The molecule has 0 aliphatic heterocycles. The number of ether oxygens (including phenoxy) is 1. The Hall–Kier alpha value is -2.06. The van der Waals surface area contributed by atoms with E-state index in [1.165, 1.54) is 18.3 Å². The molecule has 0 amide bonds. The third-order valence-corrected chi connectivity index (χ3v) is 2.05. The van der Waals surface area contributed by atoms with Crippen LogP contribution in [0.2, 0.25) is 0 Å². The van der Waals surface area contributed by atoms with Crippen molar-refractivity contribution >= 4 is 11.8 Å². The summed E-state index contributed by atoms with van der Waals surface area (Å²) in [6.45, 7) is 0. The molecule has 2 atom stereocenters. The minimum Gasteiger partial charge on any atom is -0.467 e. The molecule has 1 rings (SSSR count). The largest absolute Gasteiger partial charge is 0.467 e. The highest BCUT2D eigenvalue weighted by molar-refractivity contribution is 5.75. The summed E-state index contributed by atoms with van der Waals surface area (Å²) in [5.74, 6) is -1.71. The maximum absolute atomic E-state index is 11.0. The van der Waals surface area contributed by atoms with Gasteiger partial charge in [0, 0.05) is 0 Å². The molecule has 2 N–H and O–H groups in total. The van der Waals surface area contributed by atoms with E-state index in [9.17, 15) is 25.1 Å². The number of methoxy groups -OCH3 is 1. The van der Waals surface area contributed by atoms with E-state index < -0.39 is 28.9 Å². The molecule has 0 fully saturated rings. The normalized spacial score (nSPS) is 13.8. The van der Waals surface area contributed by atoms with Crippen LogP contribution >= 0.6 is 0 Å². The second kappa shape index (κ2) is 5.32. The van der Waals surface area contributed by atoms with E-state index in [1.807, 2.05) is 0 Å². The summed E-state index contributed by atoms with van der Waals surface area (Å²) >= 11 is 0. The van der Waals surface area contributed by atoms with Crippen molar-refractivity contribution in [3.63, 3.8) is 0 Å². The lowest BCUT2D eigenvalue weighted by Gasteiger charge is -2.15. The van der Waals surface area contributed by atoms with Crippen LogP contribution in [0.25, 0.3) is 0 Å². The fourth-order valence-electron chi connectivity index (χ4n) is 1.21. The first-order valence-electron chi connectivity index (χ1n) is 4.52. The molecule has 0 radical (unpaired) electrons. The predicted molar refractivity (Wildman–Crippen MR) is 53.9 cm³/mol. The minimum atomic E-state index is -1.90. The van der Waals surface area contributed by atoms with Gasteiger partial charge in [-0.05, 0) is 22.0 Å². The molecule has 17 heavy (non-hydrogen) atoms. The molecule has 0 aliphatic carbocycles. The Morgan fingerprint density at radius 3 is 2.76 bits per heavy atom. The summed E-state index contributed by atoms with van der Waals surface area (Å²) in [7, 11) is 1.02. The van der Waals surface area contributed by atoms with Crippen molar-refractivity contribution in [2.24, 2.45) is 0 Å². The van der Waals surface area contributed by atoms with Crippen LogP contribution in [0, 0.1) is 10.1 Å². The molecule has 0 bridgehead atoms. The Balaban J connectivity index is 3.07. The second-order valence-corrected chi connectivity index (χ2v) is 3.09. The molecular weight excluding hydrogens is 232 g/mol. The van der Waals surface area contributed by atoms with E-state index in [4.69, 9.17) is 0 Å². The highest BCUT2D eigenvalue weighted by atomic mass is 16.6. The fourth-order valence-corrected chi connectivity index (χ4v) is 1.21. The zero-order chi connectivity index (χ0) is 13.0. The number of nitro groups is 1. The Kier molecular flexibility index (Phi) is 4.07. The van der Waals surface area contributed by atoms with E-state index in [0.29, 0.717) is 0 Å². The maximum Gasteiger partial charge on any atom is 0.369 e. The number of carbonyl (C=O) groups excluding carboxylic acids is 1. The van der Waals surface area contributed by atoms with E-state index in [1.54, 1.807) is 0 Å². The fraction of sp³-hybridized carbons (Fsp3) is 0.333. The molecule has 1 aromatic rings. The van der Waals surface area contributed by atoms with Crippen LogP contribution in [0.5, 0.6) is 0 Å². The molecular formula is C9H10N2O6. The highest BCUT2D eigenvalue weighted by Crippen LogP contribution is 2.25. The number of hydrogen-bond donors (Lipinski definition) is 2. The van der Waals surface area contributed by atoms with Gasteiger partial charge >= 0.3 is 11.8 Å². The monoisotopic (exact) mass is 242 g/mol. The van der Waals surface area contributed by atoms with Crippen LogP contribution in [0.15, 0.2) is 18.3 Å². The number of aromatic nitrogens is 1. The first-order valence-corrected chi connectivity index (χ1v) is 4.52. The molecule has 0 aliphatic rings. The number of rotatable bonds is 4. The third-order valence-electron chi connectivity index (χ3n) is 2.05. The van der Waals surface area contributed by atoms with Crippen LogP contribution in [0.3, 0.4) is 0 Å². The van der Waals surface area contributed by atoms with E-state index in [0.717, 1.165) is 7.11 Å². The Morgan fingerprint density at radius 1 is 1.59 bits per heavy atom. The molecule has 0 saturated carbocycles. The Labute approximate surface area is 95.6 Å². The van der Waals surface area contributed by atoms with Crippen LogP contribution < -0.4 is 0 Å². The Bertz CT molecular complexity index is 435. The number of aliphatic hydroxyl groups is 2. The smallest absolute Gasteiger partial charge is 0.369 e. The SMILES string of the molecule is COC(=O)C(O)C(O)c1cccnc1[N+](=O)[O-]. The maximum atomic E-state index is 11.0. The molecule has 0 saturated heterocycles. The molecule has 2 unspecified atom stereocenters. The van der Waals surface area contributed by atoms with Gasteiger partial charge in [-0.3, -0.25) is 0 Å². The van der Waals surface area contributed by atoms with Gasteiger partial charge in [-0.1, -0.05) is 0 Å². The van der Waals surface area contributed by atoms with Crippen molar-refractivity contribution < 1.29 is 24.7 Å². The van der Waals surface area contributed by atoms with Crippen LogP contribution in [-0.2, 0) is 9.53 Å². The van der Waals surface area contributed by atoms with Gasteiger partial charge in [0.05, 0.1) is 12.7 Å². The molecule has 0 spiro atoms. The zero-order valence-corrected chi connectivity index (χ0v) is 8.81. The van der Waals surface area contributed by atoms with Gasteiger partial charge in [0.25, 0.3) is 0 Å². The van der Waals surface area contributed by atoms with Crippen molar-refractivity contribution in [2.45, 2.75) is 12.2 Å². The summed E-state index contributed by atoms with van der Waals surface area (Å²) in [6, 6.07) is 2.54. The van der Waals surface area contributed by atoms with Crippen molar-refractivity contribution in [2.75, 3.05) is 7.11 Å². The van der Waals surface area contributed by atoms with Crippen LogP contribution in [-0.4, -0.2) is 39.3 Å². The third kappa shape index (κ3) is 2.74. The van der Waals surface area contributed by atoms with E-state index >= 15 is 0 Å². The molecule has 1 aromatic heterocycles. The van der Waals surface area contributed by atoms with Gasteiger partial charge in [-0.2, -0.15) is 0 Å². The number of esters is 1. The summed E-state index contributed by atoms with van der Waals surface area (Å²) < 4.78 is 4.22. The quantitative estimate of drug-likeness (QED) is 0.416. The van der Waals surface area contributed by atoms with Gasteiger partial charge in [0.2, 0.25) is 0 Å². The number of carbonyl (C=O) groups is 1. The molecule has 8 nitrogen and oxygen atoms in total. The van der Waals surface area contributed by atoms with Crippen LogP contribution in [0.4, 0.5) is 5.82 Å². The molecule has 1 heterocycles. The van der Waals surface area contributed by atoms with Crippen molar-refractivity contribution in [3.05, 3.63) is 34.0 Å². The lowest BCUT2D eigenvalue weighted by molar-refractivity contribution is -0.391. The van der Waals surface area contributed by atoms with Gasteiger partial charge in [0.1, 0.15) is 12.3 Å². The number of aliphatic hydroxyl groups excluding tert-OH is 2. The average Bonchev–Trinajstić information content (AvgIpc) is 2.35. The predicted octanol–water partition coefficient (Wildman–Crippen LogP) is -0.443. The van der Waals surface area contributed by atoms with Crippen LogP contribution in [0.1, 0.15) is 11.7 Å². The van der Waals surface area contributed by atoms with Crippen molar-refractivity contribution in [1.82, 2.24) is 4.98 Å². The van der Waals surface area contributed by atoms with Gasteiger partial charge in [0.15, 0.2) is 6.10 Å². The zero-order valence-electron chi connectivity index (χ0n) is 8.81. The number of pyridine rings is 1. The lowest BCUT2D eigenvalue weighted by atomic mass is 10.1. The van der Waals surface area contributed by atoms with E-state index in [2.05, 4.69) is 9.72 Å².